The van der Waals surface area contributed by atoms with Gasteiger partial charge in [-0.3, -0.25) is 4.79 Å². The summed E-state index contributed by atoms with van der Waals surface area (Å²) in [6.07, 6.45) is 9.94. The van der Waals surface area contributed by atoms with Crippen molar-refractivity contribution < 1.29 is 14.3 Å². The topological polar surface area (TPSA) is 93.9 Å². The molecule has 0 bridgehead atoms. The molecule has 168 valence electrons. The van der Waals surface area contributed by atoms with Crippen molar-refractivity contribution in [2.24, 2.45) is 0 Å². The maximum Gasteiger partial charge on any atom is 0.245 e. The molecule has 0 saturated carbocycles. The minimum atomic E-state index is -0.0431. The summed E-state index contributed by atoms with van der Waals surface area (Å²) >= 11 is 0. The number of methoxy groups -OCH3 is 1. The molecular formula is C24H24N6O3. The van der Waals surface area contributed by atoms with Crippen molar-refractivity contribution in [2.45, 2.75) is 18.9 Å². The molecule has 5 rings (SSSR count). The summed E-state index contributed by atoms with van der Waals surface area (Å²) < 4.78 is 13.8. The Kier molecular flexibility index (Phi) is 5.52. The van der Waals surface area contributed by atoms with E-state index in [1.165, 1.54) is 12.4 Å². The van der Waals surface area contributed by atoms with Gasteiger partial charge in [-0.1, -0.05) is 6.58 Å². The summed E-state index contributed by atoms with van der Waals surface area (Å²) in [5.74, 6) is 1.86. The van der Waals surface area contributed by atoms with Gasteiger partial charge in [0.05, 0.1) is 18.3 Å². The average molecular weight is 444 g/mol. The van der Waals surface area contributed by atoms with E-state index in [4.69, 9.17) is 9.47 Å². The second-order valence-corrected chi connectivity index (χ2v) is 7.82. The molecule has 0 spiro atoms. The number of carbonyl (C=O) groups is 1. The minimum Gasteiger partial charge on any atom is -0.493 e. The van der Waals surface area contributed by atoms with Gasteiger partial charge in [0.15, 0.2) is 11.5 Å². The molecule has 1 amide bonds. The quantitative estimate of drug-likeness (QED) is 0.454. The predicted octanol–water partition coefficient (Wildman–Crippen LogP) is 3.59. The maximum absolute atomic E-state index is 11.8. The molecule has 4 aromatic rings. The first-order valence-corrected chi connectivity index (χ1v) is 10.7. The number of imidazole rings is 1. The van der Waals surface area contributed by atoms with Crippen LogP contribution >= 0.6 is 0 Å². The first kappa shape index (κ1) is 20.7. The van der Waals surface area contributed by atoms with Crippen LogP contribution in [-0.2, 0) is 4.79 Å². The fourth-order valence-corrected chi connectivity index (χ4v) is 4.05. The van der Waals surface area contributed by atoms with Crippen LogP contribution in [0.4, 0.5) is 11.5 Å². The lowest BCUT2D eigenvalue weighted by molar-refractivity contribution is -0.127. The zero-order valence-electron chi connectivity index (χ0n) is 18.3. The molecule has 4 heterocycles. The Morgan fingerprint density at radius 3 is 2.82 bits per heavy atom. The fourth-order valence-electron chi connectivity index (χ4n) is 4.05. The molecule has 1 aromatic carbocycles. The van der Waals surface area contributed by atoms with Crippen molar-refractivity contribution in [3.05, 3.63) is 61.8 Å². The minimum absolute atomic E-state index is 0.0186. The van der Waals surface area contributed by atoms with E-state index in [-0.39, 0.29) is 12.0 Å². The first-order chi connectivity index (χ1) is 16.1. The molecule has 9 heteroatoms. The maximum atomic E-state index is 11.8. The normalized spacial score (nSPS) is 14.4. The Hall–Kier alpha value is -4.14. The number of anilines is 2. The number of hydrogen-bond donors (Lipinski definition) is 1. The summed E-state index contributed by atoms with van der Waals surface area (Å²) in [6.45, 7) is 4.84. The lowest BCUT2D eigenvalue weighted by atomic mass is 10.1. The number of nitrogens with zero attached hydrogens (tertiary/aromatic N) is 5. The molecule has 3 aromatic heterocycles. The fraction of sp³-hybridized carbons (Fsp3) is 0.250. The van der Waals surface area contributed by atoms with Crippen LogP contribution in [0.25, 0.3) is 16.6 Å². The van der Waals surface area contributed by atoms with Gasteiger partial charge in [-0.15, -0.1) is 0 Å². The standard InChI is InChI=1S/C24H24N6O3/c1-3-23(31)29-9-6-17(7-10-29)33-21-12-18-19(13-20(21)32-2)26-15-27-24(18)28-16-4-5-22-25-8-11-30(22)14-16/h3-5,8,11-15,17H,1,6-7,9-10H2,2H3,(H,26,27,28). The number of rotatable bonds is 6. The molecular weight excluding hydrogens is 420 g/mol. The van der Waals surface area contributed by atoms with E-state index < -0.39 is 0 Å². The molecule has 1 aliphatic rings. The Balaban J connectivity index is 1.42. The lowest BCUT2D eigenvalue weighted by Crippen LogP contribution is -2.41. The highest BCUT2D eigenvalue weighted by atomic mass is 16.5. The zero-order valence-corrected chi connectivity index (χ0v) is 18.3. The Bertz CT molecular complexity index is 1330. The van der Waals surface area contributed by atoms with E-state index in [1.807, 2.05) is 41.1 Å². The van der Waals surface area contributed by atoms with Gasteiger partial charge in [0, 0.05) is 56.0 Å². The van der Waals surface area contributed by atoms with Gasteiger partial charge in [0.25, 0.3) is 0 Å². The molecule has 33 heavy (non-hydrogen) atoms. The van der Waals surface area contributed by atoms with Gasteiger partial charge in [0.2, 0.25) is 5.91 Å². The highest BCUT2D eigenvalue weighted by Gasteiger charge is 2.24. The number of amides is 1. The number of carbonyl (C=O) groups excluding carboxylic acids is 1. The SMILES string of the molecule is C=CC(=O)N1CCC(Oc2cc3c(Nc4ccc5nccn5c4)ncnc3cc2OC)CC1. The Morgan fingerprint density at radius 1 is 1.18 bits per heavy atom. The van der Waals surface area contributed by atoms with E-state index in [2.05, 4.69) is 26.8 Å². The van der Waals surface area contributed by atoms with Crippen molar-refractivity contribution >= 4 is 34.0 Å². The highest BCUT2D eigenvalue weighted by Crippen LogP contribution is 2.36. The van der Waals surface area contributed by atoms with E-state index >= 15 is 0 Å². The number of nitrogens with one attached hydrogen (secondary N) is 1. The second-order valence-electron chi connectivity index (χ2n) is 7.82. The Labute approximate surface area is 190 Å². The monoisotopic (exact) mass is 444 g/mol. The number of ether oxygens (including phenoxy) is 2. The third-order valence-corrected chi connectivity index (χ3v) is 5.79. The van der Waals surface area contributed by atoms with Crippen molar-refractivity contribution in [1.82, 2.24) is 24.3 Å². The van der Waals surface area contributed by atoms with Gasteiger partial charge in [-0.2, -0.15) is 0 Å². The average Bonchev–Trinajstić information content (AvgIpc) is 3.32. The van der Waals surface area contributed by atoms with Crippen LogP contribution in [0.2, 0.25) is 0 Å². The third-order valence-electron chi connectivity index (χ3n) is 5.79. The number of hydrogen-bond acceptors (Lipinski definition) is 7. The van der Waals surface area contributed by atoms with Crippen LogP contribution in [-0.4, -0.2) is 56.5 Å². The van der Waals surface area contributed by atoms with Crippen LogP contribution in [0, 0.1) is 0 Å². The first-order valence-electron chi connectivity index (χ1n) is 10.7. The largest absolute Gasteiger partial charge is 0.493 e. The van der Waals surface area contributed by atoms with Gasteiger partial charge >= 0.3 is 0 Å². The second kappa shape index (κ2) is 8.78. The zero-order chi connectivity index (χ0) is 22.8. The number of pyridine rings is 1. The molecule has 9 nitrogen and oxygen atoms in total. The van der Waals surface area contributed by atoms with Crippen LogP contribution in [0.1, 0.15) is 12.8 Å². The number of benzene rings is 1. The van der Waals surface area contributed by atoms with E-state index in [9.17, 15) is 4.79 Å². The molecule has 1 saturated heterocycles. The van der Waals surface area contributed by atoms with Crippen molar-refractivity contribution in [3.63, 3.8) is 0 Å². The molecule has 0 atom stereocenters. The Morgan fingerprint density at radius 2 is 2.03 bits per heavy atom. The highest BCUT2D eigenvalue weighted by molar-refractivity contribution is 5.93. The molecule has 1 fully saturated rings. The predicted molar refractivity (Wildman–Crippen MR) is 125 cm³/mol. The molecule has 0 unspecified atom stereocenters. The van der Waals surface area contributed by atoms with Crippen molar-refractivity contribution in [2.75, 3.05) is 25.5 Å². The van der Waals surface area contributed by atoms with Crippen molar-refractivity contribution in [3.8, 4) is 11.5 Å². The summed E-state index contributed by atoms with van der Waals surface area (Å²) in [5, 5.41) is 4.19. The van der Waals surface area contributed by atoms with Crippen LogP contribution in [0.15, 0.2) is 61.8 Å². The van der Waals surface area contributed by atoms with Gasteiger partial charge < -0.3 is 24.1 Å². The molecule has 1 aliphatic heterocycles. The summed E-state index contributed by atoms with van der Waals surface area (Å²) in [6, 6.07) is 7.66. The van der Waals surface area contributed by atoms with Crippen LogP contribution in [0.3, 0.4) is 0 Å². The van der Waals surface area contributed by atoms with E-state index in [0.717, 1.165) is 35.1 Å². The van der Waals surface area contributed by atoms with E-state index in [0.29, 0.717) is 30.4 Å². The molecule has 0 aliphatic carbocycles. The summed E-state index contributed by atoms with van der Waals surface area (Å²) in [7, 11) is 1.61. The third kappa shape index (κ3) is 4.17. The number of piperidine rings is 1. The van der Waals surface area contributed by atoms with Crippen LogP contribution < -0.4 is 14.8 Å². The van der Waals surface area contributed by atoms with Gasteiger partial charge in [0.1, 0.15) is 23.9 Å². The van der Waals surface area contributed by atoms with Crippen molar-refractivity contribution in [1.29, 1.82) is 0 Å². The molecule has 0 radical (unpaired) electrons. The van der Waals surface area contributed by atoms with Gasteiger partial charge in [-0.25, -0.2) is 15.0 Å². The molecule has 1 N–H and O–H groups in total. The van der Waals surface area contributed by atoms with E-state index in [1.54, 1.807) is 18.2 Å². The summed E-state index contributed by atoms with van der Waals surface area (Å²) in [5.41, 5.74) is 2.49. The summed E-state index contributed by atoms with van der Waals surface area (Å²) in [4.78, 5) is 26.8. The number of likely N-dealkylation sites (tertiary alicyclic amines) is 1. The van der Waals surface area contributed by atoms with Gasteiger partial charge in [-0.05, 0) is 24.3 Å². The number of fused-ring (bicyclic) bond motifs is 2. The number of aromatic nitrogens is 4. The van der Waals surface area contributed by atoms with Crippen LogP contribution in [0.5, 0.6) is 11.5 Å². The smallest absolute Gasteiger partial charge is 0.245 e. The lowest BCUT2D eigenvalue weighted by Gasteiger charge is -2.31.